The molecule has 0 amide bonds. The zero-order valence-electron chi connectivity index (χ0n) is 6.87. The summed E-state index contributed by atoms with van der Waals surface area (Å²) in [6.45, 7) is 2.44. The van der Waals surface area contributed by atoms with E-state index in [4.69, 9.17) is 5.11 Å². The number of carboxylic acids is 1. The van der Waals surface area contributed by atoms with Crippen molar-refractivity contribution in [2.45, 2.75) is 13.0 Å². The molecule has 5 nitrogen and oxygen atoms in total. The summed E-state index contributed by atoms with van der Waals surface area (Å²) in [6.07, 6.45) is 0. The maximum atomic E-state index is 10.6. The first-order chi connectivity index (χ1) is 5.63. The quantitative estimate of drug-likeness (QED) is 0.347. The summed E-state index contributed by atoms with van der Waals surface area (Å²) in [5.74, 6) is -0.837. The third-order valence-electron chi connectivity index (χ3n) is 1.54. The van der Waals surface area contributed by atoms with Crippen molar-refractivity contribution in [3.8, 4) is 0 Å². The van der Waals surface area contributed by atoms with Crippen molar-refractivity contribution in [3.63, 3.8) is 0 Å². The van der Waals surface area contributed by atoms with Gasteiger partial charge in [-0.3, -0.25) is 15.3 Å². The van der Waals surface area contributed by atoms with E-state index >= 15 is 0 Å². The standard InChI is InChI=1S/C5H15N3O2P2/c1-3(2-6-8-12)4(7-11)5(9)10/h3-4,6-8H,2,11-12H2,1H3,(H,9,10). The van der Waals surface area contributed by atoms with Gasteiger partial charge in [0.2, 0.25) is 0 Å². The second-order valence-corrected chi connectivity index (χ2v) is 3.11. The Morgan fingerprint density at radius 2 is 2.17 bits per heavy atom. The molecule has 4 atom stereocenters. The third kappa shape index (κ3) is 4.29. The van der Waals surface area contributed by atoms with Crippen molar-refractivity contribution in [2.75, 3.05) is 6.54 Å². The summed E-state index contributed by atoms with van der Waals surface area (Å²) in [4.78, 5) is 10.6. The molecule has 0 aliphatic heterocycles. The zero-order chi connectivity index (χ0) is 9.56. The molecule has 0 radical (unpaired) electrons. The number of aliphatic carboxylic acids is 1. The van der Waals surface area contributed by atoms with E-state index in [-0.39, 0.29) is 5.92 Å². The number of rotatable bonds is 6. The molecule has 0 aliphatic rings. The molecule has 0 aliphatic carbocycles. The Kier molecular flexibility index (Phi) is 6.81. The molecule has 0 aromatic carbocycles. The molecule has 12 heavy (non-hydrogen) atoms. The second kappa shape index (κ2) is 6.70. The molecule has 0 saturated heterocycles. The number of nitrogens with one attached hydrogen (secondary N) is 3. The lowest BCUT2D eigenvalue weighted by Gasteiger charge is -2.19. The molecule has 4 N–H and O–H groups in total. The Balaban J connectivity index is 3.85. The minimum absolute atomic E-state index is 0.00745. The van der Waals surface area contributed by atoms with Gasteiger partial charge < -0.3 is 5.11 Å². The summed E-state index contributed by atoms with van der Waals surface area (Å²) in [7, 11) is 4.49. The van der Waals surface area contributed by atoms with E-state index in [1.54, 1.807) is 0 Å². The van der Waals surface area contributed by atoms with Crippen LogP contribution in [0.2, 0.25) is 0 Å². The predicted molar refractivity (Wildman–Crippen MR) is 54.3 cm³/mol. The van der Waals surface area contributed by atoms with Gasteiger partial charge >= 0.3 is 5.97 Å². The molecule has 0 rings (SSSR count). The van der Waals surface area contributed by atoms with Crippen molar-refractivity contribution < 1.29 is 9.90 Å². The molecular formula is C5H15N3O2P2. The summed E-state index contributed by atoms with van der Waals surface area (Å²) < 4.78 is 0. The van der Waals surface area contributed by atoms with Crippen molar-refractivity contribution in [1.82, 2.24) is 15.7 Å². The van der Waals surface area contributed by atoms with E-state index in [1.165, 1.54) is 0 Å². The maximum Gasteiger partial charge on any atom is 0.321 e. The average Bonchev–Trinajstić information content (AvgIpc) is 2.01. The van der Waals surface area contributed by atoms with Crippen LogP contribution in [-0.4, -0.2) is 23.7 Å². The van der Waals surface area contributed by atoms with Crippen molar-refractivity contribution >= 4 is 24.8 Å². The van der Waals surface area contributed by atoms with Crippen LogP contribution < -0.4 is 15.7 Å². The number of hydrogen-bond donors (Lipinski definition) is 4. The van der Waals surface area contributed by atoms with Gasteiger partial charge in [0.15, 0.2) is 0 Å². The third-order valence-corrected chi connectivity index (χ3v) is 2.10. The summed E-state index contributed by atoms with van der Waals surface area (Å²) in [6, 6.07) is -0.541. The fourth-order valence-electron chi connectivity index (χ4n) is 0.817. The molecule has 0 aromatic heterocycles. The Morgan fingerprint density at radius 1 is 1.58 bits per heavy atom. The van der Waals surface area contributed by atoms with E-state index < -0.39 is 12.0 Å². The maximum absolute atomic E-state index is 10.6. The average molecular weight is 211 g/mol. The molecule has 0 fully saturated rings. The Hall–Kier alpha value is 0.210. The highest BCUT2D eigenvalue weighted by atomic mass is 31.0. The smallest absolute Gasteiger partial charge is 0.321 e. The first kappa shape index (κ1) is 12.2. The molecule has 0 bridgehead atoms. The monoisotopic (exact) mass is 211 g/mol. The highest BCUT2D eigenvalue weighted by molar-refractivity contribution is 7.13. The van der Waals surface area contributed by atoms with Gasteiger partial charge in [0.25, 0.3) is 0 Å². The lowest BCUT2D eigenvalue weighted by Crippen LogP contribution is -2.42. The number of carbonyl (C=O) groups is 1. The first-order valence-corrected chi connectivity index (χ1v) is 4.66. The van der Waals surface area contributed by atoms with Crippen LogP contribution in [-0.2, 0) is 4.79 Å². The van der Waals surface area contributed by atoms with Crippen LogP contribution in [0.5, 0.6) is 0 Å². The molecule has 4 unspecified atom stereocenters. The van der Waals surface area contributed by atoms with Gasteiger partial charge in [0.1, 0.15) is 6.04 Å². The topological polar surface area (TPSA) is 73.4 Å². The first-order valence-electron chi connectivity index (χ1n) is 3.50. The van der Waals surface area contributed by atoms with Crippen molar-refractivity contribution in [1.29, 1.82) is 0 Å². The molecular weight excluding hydrogens is 196 g/mol. The number of hydrazine groups is 1. The summed E-state index contributed by atoms with van der Waals surface area (Å²) >= 11 is 0. The largest absolute Gasteiger partial charge is 0.480 e. The molecule has 0 saturated carbocycles. The highest BCUT2D eigenvalue weighted by Gasteiger charge is 2.21. The predicted octanol–water partition coefficient (Wildman–Crippen LogP) is -0.660. The second-order valence-electron chi connectivity index (χ2n) is 2.49. The van der Waals surface area contributed by atoms with Crippen LogP contribution >= 0.6 is 18.8 Å². The van der Waals surface area contributed by atoms with Gasteiger partial charge in [-0.25, -0.2) is 5.20 Å². The minimum atomic E-state index is -0.844. The van der Waals surface area contributed by atoms with Gasteiger partial charge in [0, 0.05) is 6.54 Å². The number of carboxylic acid groups (broad SMARTS) is 1. The molecule has 0 spiro atoms. The van der Waals surface area contributed by atoms with E-state index in [0.717, 1.165) is 0 Å². The molecule has 0 aromatic rings. The number of hydrogen-bond acceptors (Lipinski definition) is 4. The minimum Gasteiger partial charge on any atom is -0.480 e. The van der Waals surface area contributed by atoms with Gasteiger partial charge in [-0.2, -0.15) is 0 Å². The SMILES string of the molecule is CC(CNNP)C(NP)C(=O)O. The van der Waals surface area contributed by atoms with Crippen LogP contribution in [0.15, 0.2) is 0 Å². The normalized spacial score (nSPS) is 15.6. The Morgan fingerprint density at radius 3 is 2.50 bits per heavy atom. The molecule has 72 valence electrons. The van der Waals surface area contributed by atoms with Gasteiger partial charge in [-0.05, 0) is 5.92 Å². The Labute approximate surface area is 76.5 Å². The van der Waals surface area contributed by atoms with Crippen molar-refractivity contribution in [3.05, 3.63) is 0 Å². The Bertz CT molecular complexity index is 147. The van der Waals surface area contributed by atoms with Gasteiger partial charge in [0.05, 0.1) is 0 Å². The summed E-state index contributed by atoms with van der Waals surface area (Å²) in [5, 5.41) is 14.0. The fourth-order valence-corrected chi connectivity index (χ4v) is 1.41. The van der Waals surface area contributed by atoms with Gasteiger partial charge in [-0.15, -0.1) is 0 Å². The van der Waals surface area contributed by atoms with Crippen molar-refractivity contribution in [2.24, 2.45) is 5.92 Å². The van der Waals surface area contributed by atoms with E-state index in [2.05, 4.69) is 34.5 Å². The van der Waals surface area contributed by atoms with E-state index in [0.29, 0.717) is 6.54 Å². The lowest BCUT2D eigenvalue weighted by molar-refractivity contribution is -0.140. The zero-order valence-corrected chi connectivity index (χ0v) is 9.18. The van der Waals surface area contributed by atoms with Crippen LogP contribution in [0.4, 0.5) is 0 Å². The van der Waals surface area contributed by atoms with Gasteiger partial charge in [-0.1, -0.05) is 25.7 Å². The van der Waals surface area contributed by atoms with Crippen LogP contribution in [0.25, 0.3) is 0 Å². The molecule has 0 heterocycles. The fraction of sp³-hybridized carbons (Fsp3) is 0.800. The van der Waals surface area contributed by atoms with Crippen LogP contribution in [0.1, 0.15) is 6.92 Å². The van der Waals surface area contributed by atoms with E-state index in [9.17, 15) is 4.79 Å². The van der Waals surface area contributed by atoms with Crippen LogP contribution in [0.3, 0.4) is 0 Å². The van der Waals surface area contributed by atoms with E-state index in [1.807, 2.05) is 6.92 Å². The summed E-state index contributed by atoms with van der Waals surface area (Å²) in [5.41, 5.74) is 2.82. The lowest BCUT2D eigenvalue weighted by atomic mass is 10.0. The molecule has 7 heteroatoms. The van der Waals surface area contributed by atoms with Crippen LogP contribution in [0, 0.1) is 5.92 Å². The highest BCUT2D eigenvalue weighted by Crippen LogP contribution is 2.03.